The van der Waals surface area contributed by atoms with E-state index in [0.717, 1.165) is 42.1 Å². The normalized spacial score (nSPS) is 16.9. The van der Waals surface area contributed by atoms with Gasteiger partial charge in [0, 0.05) is 24.2 Å². The van der Waals surface area contributed by atoms with Crippen molar-refractivity contribution in [3.05, 3.63) is 48.7 Å². The Bertz CT molecular complexity index is 991. The molecule has 1 atom stereocenters. The fourth-order valence-electron chi connectivity index (χ4n) is 3.70. The molecule has 7 nitrogen and oxygen atoms in total. The fraction of sp³-hybridized carbons (Fsp3) is 0.409. The van der Waals surface area contributed by atoms with Crippen molar-refractivity contribution < 1.29 is 4.79 Å². The molecule has 1 aliphatic rings. The zero-order chi connectivity index (χ0) is 20.4. The number of urea groups is 1. The number of hydrogen-bond donors (Lipinski definition) is 2. The van der Waals surface area contributed by atoms with Gasteiger partial charge in [0.1, 0.15) is 5.82 Å². The third-order valence-corrected chi connectivity index (χ3v) is 5.07. The highest BCUT2D eigenvalue weighted by molar-refractivity contribution is 5.75. The molecule has 3 aromatic rings. The quantitative estimate of drug-likeness (QED) is 0.709. The molecule has 0 bridgehead atoms. The average molecular weight is 393 g/mol. The van der Waals surface area contributed by atoms with E-state index >= 15 is 0 Å². The van der Waals surface area contributed by atoms with Crippen LogP contribution in [0.2, 0.25) is 0 Å². The molecule has 7 heteroatoms. The predicted molar refractivity (Wildman–Crippen MR) is 115 cm³/mol. The first-order chi connectivity index (χ1) is 13.9. The molecule has 1 aliphatic heterocycles. The van der Waals surface area contributed by atoms with Crippen molar-refractivity contribution in [2.24, 2.45) is 0 Å². The summed E-state index contributed by atoms with van der Waals surface area (Å²) in [5, 5.41) is 11.2. The zero-order valence-electron chi connectivity index (χ0n) is 17.2. The number of aromatic nitrogens is 3. The predicted octanol–water partition coefficient (Wildman–Crippen LogP) is 3.78. The molecule has 4 rings (SSSR count). The average Bonchev–Trinajstić information content (AvgIpc) is 3.32. The summed E-state index contributed by atoms with van der Waals surface area (Å²) >= 11 is 0. The summed E-state index contributed by atoms with van der Waals surface area (Å²) in [5.74, 6) is 0.774. The van der Waals surface area contributed by atoms with Crippen LogP contribution in [-0.4, -0.2) is 50.2 Å². The fourth-order valence-corrected chi connectivity index (χ4v) is 3.70. The van der Waals surface area contributed by atoms with Crippen LogP contribution >= 0.6 is 0 Å². The van der Waals surface area contributed by atoms with Gasteiger partial charge in [0.05, 0.1) is 17.9 Å². The molecule has 0 saturated carbocycles. The van der Waals surface area contributed by atoms with E-state index < -0.39 is 0 Å². The van der Waals surface area contributed by atoms with Crippen LogP contribution in [0.4, 0.5) is 10.6 Å². The number of fused-ring (bicyclic) bond motifs is 1. The van der Waals surface area contributed by atoms with Gasteiger partial charge in [0.2, 0.25) is 0 Å². The molecule has 1 aromatic carbocycles. The monoisotopic (exact) mass is 392 g/mol. The van der Waals surface area contributed by atoms with Crippen molar-refractivity contribution in [3.63, 3.8) is 0 Å². The molecule has 29 heavy (non-hydrogen) atoms. The lowest BCUT2D eigenvalue weighted by Gasteiger charge is -2.29. The van der Waals surface area contributed by atoms with Gasteiger partial charge >= 0.3 is 6.03 Å². The van der Waals surface area contributed by atoms with Crippen molar-refractivity contribution in [1.82, 2.24) is 24.8 Å². The van der Waals surface area contributed by atoms with Crippen molar-refractivity contribution in [2.75, 3.05) is 18.4 Å². The molecule has 3 heterocycles. The Kier molecular flexibility index (Phi) is 5.13. The zero-order valence-corrected chi connectivity index (χ0v) is 17.2. The Hall–Kier alpha value is -3.09. The molecule has 1 saturated heterocycles. The van der Waals surface area contributed by atoms with Gasteiger partial charge in [0.25, 0.3) is 0 Å². The lowest BCUT2D eigenvalue weighted by Crippen LogP contribution is -2.51. The standard InChI is InChI=1S/C22H28N6O/c1-22(2,3)25-21(29)27-13-7-10-17(27)14-23-19-11-12-20-24-15-18(28(20)26-19)16-8-5-4-6-9-16/h4-6,8-9,11-12,15,17H,7,10,13-14H2,1-3H3,(H,23,26)(H,25,29)/t17-/m0/s1. The third kappa shape index (κ3) is 4.34. The second-order valence-corrected chi connectivity index (χ2v) is 8.55. The van der Waals surface area contributed by atoms with E-state index in [0.29, 0.717) is 6.54 Å². The van der Waals surface area contributed by atoms with Crippen LogP contribution in [0.1, 0.15) is 33.6 Å². The van der Waals surface area contributed by atoms with E-state index in [1.54, 1.807) is 0 Å². The van der Waals surface area contributed by atoms with E-state index in [2.05, 4.69) is 27.8 Å². The molecular formula is C22H28N6O. The first-order valence-corrected chi connectivity index (χ1v) is 10.1. The van der Waals surface area contributed by atoms with Crippen molar-refractivity contribution in [3.8, 4) is 11.3 Å². The van der Waals surface area contributed by atoms with E-state index in [9.17, 15) is 4.79 Å². The van der Waals surface area contributed by atoms with Crippen LogP contribution in [0.15, 0.2) is 48.7 Å². The van der Waals surface area contributed by atoms with E-state index in [-0.39, 0.29) is 17.6 Å². The third-order valence-electron chi connectivity index (χ3n) is 5.07. The van der Waals surface area contributed by atoms with Crippen LogP contribution in [0.3, 0.4) is 0 Å². The molecule has 2 amide bonds. The number of nitrogens with one attached hydrogen (secondary N) is 2. The smallest absolute Gasteiger partial charge is 0.318 e. The molecule has 0 unspecified atom stereocenters. The molecule has 2 N–H and O–H groups in total. The molecule has 0 aliphatic carbocycles. The van der Waals surface area contributed by atoms with Crippen LogP contribution in [-0.2, 0) is 0 Å². The number of anilines is 1. The summed E-state index contributed by atoms with van der Waals surface area (Å²) in [4.78, 5) is 19.0. The lowest BCUT2D eigenvalue weighted by atomic mass is 10.1. The molecule has 0 spiro atoms. The van der Waals surface area contributed by atoms with Gasteiger partial charge in [-0.3, -0.25) is 0 Å². The number of hydrogen-bond acceptors (Lipinski definition) is 4. The topological polar surface area (TPSA) is 74.6 Å². The van der Waals surface area contributed by atoms with Gasteiger partial charge in [-0.25, -0.2) is 14.3 Å². The van der Waals surface area contributed by atoms with Crippen LogP contribution in [0.25, 0.3) is 16.9 Å². The van der Waals surface area contributed by atoms with Crippen LogP contribution < -0.4 is 10.6 Å². The Labute approximate surface area is 171 Å². The summed E-state index contributed by atoms with van der Waals surface area (Å²) in [7, 11) is 0. The molecular weight excluding hydrogens is 364 g/mol. The molecule has 2 aromatic heterocycles. The number of likely N-dealkylation sites (tertiary alicyclic amines) is 1. The molecule has 1 fully saturated rings. The van der Waals surface area contributed by atoms with Gasteiger partial charge in [-0.1, -0.05) is 30.3 Å². The van der Waals surface area contributed by atoms with Crippen molar-refractivity contribution in [1.29, 1.82) is 0 Å². The van der Waals surface area contributed by atoms with Gasteiger partial charge in [-0.2, -0.15) is 0 Å². The van der Waals surface area contributed by atoms with Gasteiger partial charge < -0.3 is 15.5 Å². The van der Waals surface area contributed by atoms with Crippen LogP contribution in [0.5, 0.6) is 0 Å². The minimum absolute atomic E-state index is 0.00573. The number of rotatable bonds is 4. The summed E-state index contributed by atoms with van der Waals surface area (Å²) in [5.41, 5.74) is 2.60. The highest BCUT2D eigenvalue weighted by atomic mass is 16.2. The van der Waals surface area contributed by atoms with Gasteiger partial charge in [-0.15, -0.1) is 5.10 Å². The summed E-state index contributed by atoms with van der Waals surface area (Å²) in [6.45, 7) is 7.47. The Morgan fingerprint density at radius 2 is 1.97 bits per heavy atom. The largest absolute Gasteiger partial charge is 0.367 e. The SMILES string of the molecule is CC(C)(C)NC(=O)N1CCC[C@H]1CNc1ccc2ncc(-c3ccccc3)n2n1. The second-order valence-electron chi connectivity index (χ2n) is 8.55. The van der Waals surface area contributed by atoms with Crippen molar-refractivity contribution in [2.45, 2.75) is 45.2 Å². The van der Waals surface area contributed by atoms with Crippen LogP contribution in [0, 0.1) is 0 Å². The van der Waals surface area contributed by atoms with E-state index in [4.69, 9.17) is 5.10 Å². The lowest BCUT2D eigenvalue weighted by molar-refractivity contribution is 0.185. The molecule has 152 valence electrons. The number of carbonyl (C=O) groups excluding carboxylic acids is 1. The maximum atomic E-state index is 12.6. The Balaban J connectivity index is 1.48. The first-order valence-electron chi connectivity index (χ1n) is 10.1. The van der Waals surface area contributed by atoms with E-state index in [1.807, 2.05) is 66.7 Å². The summed E-state index contributed by atoms with van der Waals surface area (Å²) in [6.07, 6.45) is 3.86. The highest BCUT2D eigenvalue weighted by Crippen LogP contribution is 2.22. The number of amides is 2. The second kappa shape index (κ2) is 7.73. The minimum Gasteiger partial charge on any atom is -0.367 e. The number of benzene rings is 1. The highest BCUT2D eigenvalue weighted by Gasteiger charge is 2.30. The first kappa shape index (κ1) is 19.2. The number of imidazole rings is 1. The van der Waals surface area contributed by atoms with E-state index in [1.165, 1.54) is 0 Å². The number of nitrogens with zero attached hydrogens (tertiary/aromatic N) is 4. The Morgan fingerprint density at radius 1 is 1.17 bits per heavy atom. The van der Waals surface area contributed by atoms with Gasteiger partial charge in [-0.05, 0) is 45.7 Å². The van der Waals surface area contributed by atoms with Gasteiger partial charge in [0.15, 0.2) is 5.65 Å². The van der Waals surface area contributed by atoms with Crippen molar-refractivity contribution >= 4 is 17.5 Å². The summed E-state index contributed by atoms with van der Waals surface area (Å²) < 4.78 is 1.86. The molecule has 0 radical (unpaired) electrons. The Morgan fingerprint density at radius 3 is 2.72 bits per heavy atom. The minimum atomic E-state index is -0.237. The summed E-state index contributed by atoms with van der Waals surface area (Å²) in [6, 6.07) is 14.2. The maximum Gasteiger partial charge on any atom is 0.318 e. The maximum absolute atomic E-state index is 12.6. The number of carbonyl (C=O) groups is 1.